The monoisotopic (exact) mass is 290 g/mol. The Morgan fingerprint density at radius 2 is 2.05 bits per heavy atom. The highest BCUT2D eigenvalue weighted by atomic mass is 16.5. The first-order valence-corrected chi connectivity index (χ1v) is 7.83. The minimum atomic E-state index is -0.192. The highest BCUT2D eigenvalue weighted by Gasteiger charge is 2.38. The summed E-state index contributed by atoms with van der Waals surface area (Å²) in [6.45, 7) is 4.54. The average molecular weight is 290 g/mol. The zero-order chi connectivity index (χ0) is 15.1. The SMILES string of the molecule is CCCC1(C(=O)NCc2ccccc2OC)CCNCC1. The molecule has 0 aliphatic carbocycles. The number of methoxy groups -OCH3 is 1. The van der Waals surface area contributed by atoms with Gasteiger partial charge in [-0.1, -0.05) is 31.5 Å². The number of hydrogen-bond acceptors (Lipinski definition) is 3. The zero-order valence-electron chi connectivity index (χ0n) is 13.1. The molecule has 2 rings (SSSR count). The number of piperidine rings is 1. The van der Waals surface area contributed by atoms with Crippen LogP contribution in [-0.2, 0) is 11.3 Å². The molecule has 1 aromatic rings. The lowest BCUT2D eigenvalue weighted by molar-refractivity contribution is -0.133. The van der Waals surface area contributed by atoms with Crippen LogP contribution in [-0.4, -0.2) is 26.1 Å². The van der Waals surface area contributed by atoms with E-state index in [0.717, 1.165) is 50.1 Å². The van der Waals surface area contributed by atoms with Crippen LogP contribution >= 0.6 is 0 Å². The molecule has 1 saturated heterocycles. The van der Waals surface area contributed by atoms with Gasteiger partial charge in [-0.2, -0.15) is 0 Å². The van der Waals surface area contributed by atoms with E-state index in [-0.39, 0.29) is 11.3 Å². The lowest BCUT2D eigenvalue weighted by Crippen LogP contribution is -2.47. The fourth-order valence-corrected chi connectivity index (χ4v) is 3.19. The number of amides is 1. The maximum absolute atomic E-state index is 12.7. The third kappa shape index (κ3) is 3.76. The molecule has 1 aromatic carbocycles. The second-order valence-electron chi connectivity index (χ2n) is 5.77. The van der Waals surface area contributed by atoms with Crippen LogP contribution in [0.3, 0.4) is 0 Å². The molecule has 0 bridgehead atoms. The number of benzene rings is 1. The van der Waals surface area contributed by atoms with Gasteiger partial charge in [0.25, 0.3) is 0 Å². The van der Waals surface area contributed by atoms with Gasteiger partial charge in [-0.3, -0.25) is 4.79 Å². The van der Waals surface area contributed by atoms with E-state index in [2.05, 4.69) is 17.6 Å². The molecule has 116 valence electrons. The van der Waals surface area contributed by atoms with Crippen LogP contribution in [0.15, 0.2) is 24.3 Å². The van der Waals surface area contributed by atoms with E-state index in [1.165, 1.54) is 0 Å². The van der Waals surface area contributed by atoms with Crippen LogP contribution in [0.4, 0.5) is 0 Å². The first kappa shape index (κ1) is 15.8. The standard InChI is InChI=1S/C17H26N2O2/c1-3-8-17(9-11-18-12-10-17)16(20)19-13-14-6-4-5-7-15(14)21-2/h4-7,18H,3,8-13H2,1-2H3,(H,19,20). The maximum Gasteiger partial charge on any atom is 0.226 e. The van der Waals surface area contributed by atoms with Crippen molar-refractivity contribution < 1.29 is 9.53 Å². The Hall–Kier alpha value is -1.55. The van der Waals surface area contributed by atoms with Gasteiger partial charge in [-0.15, -0.1) is 0 Å². The highest BCUT2D eigenvalue weighted by molar-refractivity contribution is 5.82. The van der Waals surface area contributed by atoms with Crippen LogP contribution in [0.25, 0.3) is 0 Å². The molecule has 1 amide bonds. The first-order chi connectivity index (χ1) is 10.2. The van der Waals surface area contributed by atoms with E-state index in [1.807, 2.05) is 24.3 Å². The van der Waals surface area contributed by atoms with Gasteiger partial charge in [0, 0.05) is 12.1 Å². The summed E-state index contributed by atoms with van der Waals surface area (Å²) < 4.78 is 5.33. The molecule has 0 atom stereocenters. The fourth-order valence-electron chi connectivity index (χ4n) is 3.19. The second kappa shape index (κ2) is 7.46. The summed E-state index contributed by atoms with van der Waals surface area (Å²) in [5, 5.41) is 6.47. The second-order valence-corrected chi connectivity index (χ2v) is 5.77. The van der Waals surface area contributed by atoms with Crippen LogP contribution < -0.4 is 15.4 Å². The highest BCUT2D eigenvalue weighted by Crippen LogP contribution is 2.34. The average Bonchev–Trinajstić information content (AvgIpc) is 2.54. The van der Waals surface area contributed by atoms with Gasteiger partial charge in [0.1, 0.15) is 5.75 Å². The number of para-hydroxylation sites is 1. The molecule has 0 unspecified atom stereocenters. The molecule has 0 spiro atoms. The number of carbonyl (C=O) groups excluding carboxylic acids is 1. The van der Waals surface area contributed by atoms with Crippen molar-refractivity contribution >= 4 is 5.91 Å². The molecule has 4 nitrogen and oxygen atoms in total. The smallest absolute Gasteiger partial charge is 0.226 e. The summed E-state index contributed by atoms with van der Waals surface area (Å²) in [5.74, 6) is 1.02. The van der Waals surface area contributed by atoms with Gasteiger partial charge in [-0.05, 0) is 38.4 Å². The predicted molar refractivity (Wildman–Crippen MR) is 84.3 cm³/mol. The zero-order valence-corrected chi connectivity index (χ0v) is 13.1. The van der Waals surface area contributed by atoms with Crippen molar-refractivity contribution in [3.63, 3.8) is 0 Å². The molecule has 0 saturated carbocycles. The van der Waals surface area contributed by atoms with E-state index in [0.29, 0.717) is 6.54 Å². The molecule has 1 fully saturated rings. The van der Waals surface area contributed by atoms with Crippen LogP contribution in [0, 0.1) is 5.41 Å². The van der Waals surface area contributed by atoms with Gasteiger partial charge in [0.05, 0.1) is 12.5 Å². The van der Waals surface area contributed by atoms with Crippen LogP contribution in [0.2, 0.25) is 0 Å². The molecule has 0 radical (unpaired) electrons. The molecule has 2 N–H and O–H groups in total. The third-order valence-electron chi connectivity index (χ3n) is 4.40. The van der Waals surface area contributed by atoms with Gasteiger partial charge >= 0.3 is 0 Å². The summed E-state index contributed by atoms with van der Waals surface area (Å²) in [4.78, 5) is 12.7. The van der Waals surface area contributed by atoms with E-state index in [1.54, 1.807) is 7.11 Å². The predicted octanol–water partition coefficient (Wildman–Crippen LogP) is 2.48. The number of nitrogens with one attached hydrogen (secondary N) is 2. The van der Waals surface area contributed by atoms with Crippen molar-refractivity contribution in [3.8, 4) is 5.75 Å². The van der Waals surface area contributed by atoms with Gasteiger partial charge in [-0.25, -0.2) is 0 Å². The summed E-state index contributed by atoms with van der Waals surface area (Å²) in [7, 11) is 1.66. The molecule has 1 aliphatic rings. The first-order valence-electron chi connectivity index (χ1n) is 7.83. The van der Waals surface area contributed by atoms with Crippen molar-refractivity contribution in [1.29, 1.82) is 0 Å². The normalized spacial score (nSPS) is 17.2. The number of ether oxygens (including phenoxy) is 1. The molecular formula is C17H26N2O2. The fraction of sp³-hybridized carbons (Fsp3) is 0.588. The Morgan fingerprint density at radius 1 is 1.33 bits per heavy atom. The van der Waals surface area contributed by atoms with Gasteiger partial charge < -0.3 is 15.4 Å². The quantitative estimate of drug-likeness (QED) is 0.846. The van der Waals surface area contributed by atoms with Crippen molar-refractivity contribution in [1.82, 2.24) is 10.6 Å². The Labute approximate surface area is 127 Å². The Kier molecular flexibility index (Phi) is 5.62. The summed E-state index contributed by atoms with van der Waals surface area (Å²) >= 11 is 0. The summed E-state index contributed by atoms with van der Waals surface area (Å²) in [5.41, 5.74) is 0.830. The van der Waals surface area contributed by atoms with E-state index >= 15 is 0 Å². The molecular weight excluding hydrogens is 264 g/mol. The van der Waals surface area contributed by atoms with Crippen molar-refractivity contribution in [2.75, 3.05) is 20.2 Å². The van der Waals surface area contributed by atoms with Gasteiger partial charge in [0.15, 0.2) is 0 Å². The maximum atomic E-state index is 12.7. The number of hydrogen-bond donors (Lipinski definition) is 2. The Bertz CT molecular complexity index is 462. The summed E-state index contributed by atoms with van der Waals surface area (Å²) in [6.07, 6.45) is 3.87. The van der Waals surface area contributed by atoms with Gasteiger partial charge in [0.2, 0.25) is 5.91 Å². The lowest BCUT2D eigenvalue weighted by Gasteiger charge is -2.36. The largest absolute Gasteiger partial charge is 0.496 e. The Morgan fingerprint density at radius 3 is 2.71 bits per heavy atom. The molecule has 0 aromatic heterocycles. The molecule has 1 aliphatic heterocycles. The lowest BCUT2D eigenvalue weighted by atomic mass is 9.74. The molecule has 4 heteroatoms. The molecule has 21 heavy (non-hydrogen) atoms. The summed E-state index contributed by atoms with van der Waals surface area (Å²) in [6, 6.07) is 7.83. The Balaban J connectivity index is 2.02. The molecule has 1 heterocycles. The van der Waals surface area contributed by atoms with E-state index in [9.17, 15) is 4.79 Å². The number of carbonyl (C=O) groups is 1. The minimum Gasteiger partial charge on any atom is -0.496 e. The van der Waals surface area contributed by atoms with Crippen molar-refractivity contribution in [2.45, 2.75) is 39.2 Å². The van der Waals surface area contributed by atoms with Crippen LogP contribution in [0.1, 0.15) is 38.2 Å². The third-order valence-corrected chi connectivity index (χ3v) is 4.40. The van der Waals surface area contributed by atoms with E-state index in [4.69, 9.17) is 4.74 Å². The van der Waals surface area contributed by atoms with Crippen molar-refractivity contribution in [2.24, 2.45) is 5.41 Å². The van der Waals surface area contributed by atoms with Crippen LogP contribution in [0.5, 0.6) is 5.75 Å². The minimum absolute atomic E-state index is 0.191. The van der Waals surface area contributed by atoms with E-state index < -0.39 is 0 Å². The topological polar surface area (TPSA) is 50.4 Å². The van der Waals surface area contributed by atoms with Crippen molar-refractivity contribution in [3.05, 3.63) is 29.8 Å². The number of rotatable bonds is 6.